The first-order chi connectivity index (χ1) is 26.7. The van der Waals surface area contributed by atoms with Crippen LogP contribution in [0.15, 0.2) is 121 Å². The van der Waals surface area contributed by atoms with Gasteiger partial charge in [-0.15, -0.1) is 0 Å². The standard InChI is InChI=1S/C41H40O14/c1-24-30(42)33(31(43)39(47-2)49-24)53-41(28-21-13-6-14-22-28)54-35-34(52-38(46)27-19-11-5-12-20-27)32(51-37(45)26-17-9-4-10-18-26)29(50-40(35)55-41)23-48-36(44)25-15-7-3-8-16-25/h3-22,24,29-35,39-40,42-43H,23H2,1-2H3/t24-,29+,30+,31-,32+,33+,34-,35-,39+,40-,41?/m0/s1. The van der Waals surface area contributed by atoms with Crippen molar-refractivity contribution >= 4 is 17.9 Å². The summed E-state index contributed by atoms with van der Waals surface area (Å²) in [5.74, 6) is -4.49. The minimum absolute atomic E-state index is 0.184. The predicted molar refractivity (Wildman–Crippen MR) is 189 cm³/mol. The van der Waals surface area contributed by atoms with Crippen molar-refractivity contribution in [1.29, 1.82) is 0 Å². The van der Waals surface area contributed by atoms with Crippen LogP contribution in [0.5, 0.6) is 0 Å². The highest BCUT2D eigenvalue weighted by molar-refractivity contribution is 5.91. The molecule has 3 saturated heterocycles. The Kier molecular flexibility index (Phi) is 11.7. The van der Waals surface area contributed by atoms with Gasteiger partial charge in [-0.25, -0.2) is 14.4 Å². The van der Waals surface area contributed by atoms with Gasteiger partial charge < -0.3 is 48.1 Å². The summed E-state index contributed by atoms with van der Waals surface area (Å²) in [4.78, 5) is 40.6. The van der Waals surface area contributed by atoms with E-state index < -0.39 is 91.9 Å². The summed E-state index contributed by atoms with van der Waals surface area (Å²) in [6.07, 6.45) is -13.4. The molecule has 0 aromatic heterocycles. The minimum atomic E-state index is -2.22. The van der Waals surface area contributed by atoms with Crippen molar-refractivity contribution in [3.8, 4) is 0 Å². The number of carbonyl (C=O) groups excluding carboxylic acids is 3. The molecule has 3 aliphatic heterocycles. The van der Waals surface area contributed by atoms with Crippen LogP contribution >= 0.6 is 0 Å². The summed E-state index contributed by atoms with van der Waals surface area (Å²) < 4.78 is 54.7. The number of benzene rings is 4. The Morgan fingerprint density at radius 2 is 1.15 bits per heavy atom. The van der Waals surface area contributed by atoms with Gasteiger partial charge in [-0.2, -0.15) is 0 Å². The number of methoxy groups -OCH3 is 1. The number of aliphatic hydroxyl groups is 2. The lowest BCUT2D eigenvalue weighted by Gasteiger charge is -2.43. The SMILES string of the molecule is CO[C@@H]1O[C@@H](C)[C@@H](O)[C@@H](OC2(c3ccccc3)O[C@@H]3O[C@H](COC(=O)c4ccccc4)[C@@H](OC(=O)c4ccccc4)[C@H](OC(=O)c4ccccc4)[C@@H]3O2)[C@@H]1O. The van der Waals surface area contributed by atoms with Crippen molar-refractivity contribution in [3.63, 3.8) is 0 Å². The summed E-state index contributed by atoms with van der Waals surface area (Å²) in [5, 5.41) is 22.5. The number of hydrogen-bond donors (Lipinski definition) is 2. The van der Waals surface area contributed by atoms with Crippen LogP contribution in [0.25, 0.3) is 0 Å². The molecule has 288 valence electrons. The lowest BCUT2D eigenvalue weighted by molar-refractivity contribution is -0.414. The van der Waals surface area contributed by atoms with Gasteiger partial charge in [0.1, 0.15) is 31.0 Å². The second kappa shape index (κ2) is 16.8. The molecule has 55 heavy (non-hydrogen) atoms. The average Bonchev–Trinajstić information content (AvgIpc) is 3.61. The third-order valence-corrected chi connectivity index (χ3v) is 9.48. The smallest absolute Gasteiger partial charge is 0.338 e. The Morgan fingerprint density at radius 1 is 0.636 bits per heavy atom. The van der Waals surface area contributed by atoms with Crippen LogP contribution < -0.4 is 0 Å². The van der Waals surface area contributed by atoms with Crippen LogP contribution in [0.3, 0.4) is 0 Å². The molecule has 0 aliphatic carbocycles. The molecule has 4 aromatic carbocycles. The maximum absolute atomic E-state index is 13.8. The Hall–Kier alpha value is -5.03. The Labute approximate surface area is 316 Å². The van der Waals surface area contributed by atoms with Crippen LogP contribution in [0.2, 0.25) is 0 Å². The molecular weight excluding hydrogens is 716 g/mol. The molecule has 14 nitrogen and oxygen atoms in total. The van der Waals surface area contributed by atoms with Crippen molar-refractivity contribution in [3.05, 3.63) is 144 Å². The molecule has 3 heterocycles. The van der Waals surface area contributed by atoms with Crippen LogP contribution in [0.1, 0.15) is 43.6 Å². The Morgan fingerprint density at radius 3 is 1.69 bits per heavy atom. The molecule has 3 fully saturated rings. The van der Waals surface area contributed by atoms with E-state index in [1.54, 1.807) is 128 Å². The largest absolute Gasteiger partial charge is 0.459 e. The van der Waals surface area contributed by atoms with E-state index in [9.17, 15) is 24.6 Å². The first-order valence-corrected chi connectivity index (χ1v) is 17.7. The third-order valence-electron chi connectivity index (χ3n) is 9.48. The fourth-order valence-corrected chi connectivity index (χ4v) is 6.63. The molecule has 7 rings (SSSR count). The molecule has 0 saturated carbocycles. The van der Waals surface area contributed by atoms with E-state index in [-0.39, 0.29) is 22.3 Å². The predicted octanol–water partition coefficient (Wildman–Crippen LogP) is 3.74. The van der Waals surface area contributed by atoms with Crippen molar-refractivity contribution < 1.29 is 67.2 Å². The number of carbonyl (C=O) groups is 3. The number of aliphatic hydroxyl groups excluding tert-OH is 2. The van der Waals surface area contributed by atoms with Gasteiger partial charge in [-0.3, -0.25) is 4.74 Å². The zero-order valence-electron chi connectivity index (χ0n) is 29.8. The first-order valence-electron chi connectivity index (χ1n) is 17.7. The van der Waals surface area contributed by atoms with Crippen LogP contribution in [-0.2, 0) is 48.6 Å². The van der Waals surface area contributed by atoms with E-state index in [1.807, 2.05) is 0 Å². The fourth-order valence-electron chi connectivity index (χ4n) is 6.63. The zero-order chi connectivity index (χ0) is 38.5. The summed E-state index contributed by atoms with van der Waals surface area (Å²) in [7, 11) is 1.33. The van der Waals surface area contributed by atoms with Gasteiger partial charge in [0.15, 0.2) is 30.9 Å². The second-order valence-electron chi connectivity index (χ2n) is 13.1. The molecule has 14 heteroatoms. The van der Waals surface area contributed by atoms with Crippen molar-refractivity contribution in [2.75, 3.05) is 13.7 Å². The number of ether oxygens (including phenoxy) is 9. The van der Waals surface area contributed by atoms with Crippen molar-refractivity contribution in [2.24, 2.45) is 0 Å². The van der Waals surface area contributed by atoms with E-state index in [0.29, 0.717) is 0 Å². The molecule has 11 atom stereocenters. The van der Waals surface area contributed by atoms with Crippen molar-refractivity contribution in [1.82, 2.24) is 0 Å². The highest BCUT2D eigenvalue weighted by Crippen LogP contribution is 2.47. The van der Waals surface area contributed by atoms with Gasteiger partial charge in [0, 0.05) is 12.7 Å². The average molecular weight is 757 g/mol. The monoisotopic (exact) mass is 756 g/mol. The van der Waals surface area contributed by atoms with Gasteiger partial charge in [0.05, 0.1) is 22.8 Å². The summed E-state index contributed by atoms with van der Waals surface area (Å²) in [5.41, 5.74) is 0.907. The van der Waals surface area contributed by atoms with Gasteiger partial charge >= 0.3 is 23.9 Å². The van der Waals surface area contributed by atoms with Gasteiger partial charge in [0.25, 0.3) is 0 Å². The summed E-state index contributed by atoms with van der Waals surface area (Å²) in [6, 6.07) is 32.9. The molecule has 4 aromatic rings. The molecular formula is C41H40O14. The lowest BCUT2D eigenvalue weighted by Crippen LogP contribution is -2.60. The molecule has 0 spiro atoms. The third kappa shape index (κ3) is 8.17. The summed E-state index contributed by atoms with van der Waals surface area (Å²) in [6.45, 7) is 1.11. The highest BCUT2D eigenvalue weighted by atomic mass is 16.9. The quantitative estimate of drug-likeness (QED) is 0.167. The molecule has 3 aliphatic rings. The topological polar surface area (TPSA) is 175 Å². The maximum Gasteiger partial charge on any atom is 0.338 e. The van der Waals surface area contributed by atoms with E-state index in [4.69, 9.17) is 42.6 Å². The molecule has 0 bridgehead atoms. The molecule has 0 radical (unpaired) electrons. The summed E-state index contributed by atoms with van der Waals surface area (Å²) >= 11 is 0. The number of hydrogen-bond acceptors (Lipinski definition) is 14. The van der Waals surface area contributed by atoms with Crippen LogP contribution in [-0.4, -0.2) is 103 Å². The second-order valence-corrected chi connectivity index (χ2v) is 13.1. The van der Waals surface area contributed by atoms with Gasteiger partial charge in [0.2, 0.25) is 0 Å². The van der Waals surface area contributed by atoms with Gasteiger partial charge in [-0.05, 0) is 43.3 Å². The van der Waals surface area contributed by atoms with Crippen molar-refractivity contribution in [2.45, 2.75) is 74.3 Å². The zero-order valence-corrected chi connectivity index (χ0v) is 29.8. The minimum Gasteiger partial charge on any atom is -0.459 e. The normalized spacial score (nSPS) is 31.5. The lowest BCUT2D eigenvalue weighted by atomic mass is 9.98. The van der Waals surface area contributed by atoms with Gasteiger partial charge in [-0.1, -0.05) is 84.9 Å². The molecule has 2 N–H and O–H groups in total. The fraction of sp³-hybridized carbons (Fsp3) is 0.341. The highest BCUT2D eigenvalue weighted by Gasteiger charge is 2.63. The number of esters is 3. The molecule has 1 unspecified atom stereocenters. The van der Waals surface area contributed by atoms with Crippen LogP contribution in [0.4, 0.5) is 0 Å². The number of rotatable bonds is 11. The first kappa shape index (κ1) is 38.3. The molecule has 0 amide bonds. The Balaban J connectivity index is 1.28. The van der Waals surface area contributed by atoms with E-state index in [0.717, 1.165) is 0 Å². The van der Waals surface area contributed by atoms with Crippen LogP contribution in [0, 0.1) is 0 Å². The van der Waals surface area contributed by atoms with E-state index in [2.05, 4.69) is 0 Å². The van der Waals surface area contributed by atoms with E-state index in [1.165, 1.54) is 7.11 Å². The maximum atomic E-state index is 13.8. The number of fused-ring (bicyclic) bond motifs is 1. The Bertz CT molecular complexity index is 1900. The van der Waals surface area contributed by atoms with E-state index >= 15 is 0 Å².